The van der Waals surface area contributed by atoms with Gasteiger partial charge in [-0.05, 0) is 31.2 Å². The highest BCUT2D eigenvalue weighted by Gasteiger charge is 2.18. The van der Waals surface area contributed by atoms with Crippen LogP contribution in [-0.4, -0.2) is 17.4 Å². The van der Waals surface area contributed by atoms with Gasteiger partial charge in [0, 0.05) is 36.0 Å². The van der Waals surface area contributed by atoms with Gasteiger partial charge < -0.3 is 9.73 Å². The number of benzene rings is 2. The summed E-state index contributed by atoms with van der Waals surface area (Å²) in [5, 5.41) is 3.29. The second-order valence-electron chi connectivity index (χ2n) is 6.76. The molecule has 1 N–H and O–H groups in total. The standard InChI is InChI=1S/C24H20N2O3/c1-16-21(27)19-11-7-12-20(23(19)29-22(16)17-8-3-2-4-9-17)24(28)26-15-13-18-10-5-6-14-25-18/h2-12,14H,13,15H2,1H3,(H,26,28). The van der Waals surface area contributed by atoms with Crippen molar-refractivity contribution in [3.63, 3.8) is 0 Å². The molecule has 1 amide bonds. The normalized spacial score (nSPS) is 10.8. The van der Waals surface area contributed by atoms with E-state index < -0.39 is 0 Å². The summed E-state index contributed by atoms with van der Waals surface area (Å²) in [6, 6.07) is 20.2. The zero-order chi connectivity index (χ0) is 20.2. The van der Waals surface area contributed by atoms with E-state index in [4.69, 9.17) is 4.42 Å². The average molecular weight is 384 g/mol. The zero-order valence-corrected chi connectivity index (χ0v) is 16.0. The molecule has 0 saturated heterocycles. The van der Waals surface area contributed by atoms with Crippen molar-refractivity contribution in [1.29, 1.82) is 0 Å². The van der Waals surface area contributed by atoms with Crippen LogP contribution in [0.4, 0.5) is 0 Å². The molecule has 2 aromatic heterocycles. The number of carbonyl (C=O) groups excluding carboxylic acids is 1. The summed E-state index contributed by atoms with van der Waals surface area (Å²) in [4.78, 5) is 29.9. The monoisotopic (exact) mass is 384 g/mol. The van der Waals surface area contributed by atoms with Crippen molar-refractivity contribution < 1.29 is 9.21 Å². The minimum atomic E-state index is -0.280. The van der Waals surface area contributed by atoms with E-state index >= 15 is 0 Å². The maximum absolute atomic E-state index is 12.9. The molecule has 5 heteroatoms. The second-order valence-corrected chi connectivity index (χ2v) is 6.76. The fourth-order valence-corrected chi connectivity index (χ4v) is 3.30. The third-order valence-corrected chi connectivity index (χ3v) is 4.82. The summed E-state index contributed by atoms with van der Waals surface area (Å²) in [5.41, 5.74) is 2.74. The molecule has 0 bridgehead atoms. The van der Waals surface area contributed by atoms with Gasteiger partial charge in [-0.25, -0.2) is 0 Å². The molecule has 4 rings (SSSR count). The number of rotatable bonds is 5. The fraction of sp³-hybridized carbons (Fsp3) is 0.125. The van der Waals surface area contributed by atoms with Crippen molar-refractivity contribution in [2.75, 3.05) is 6.54 Å². The topological polar surface area (TPSA) is 72.2 Å². The molecule has 0 aliphatic rings. The van der Waals surface area contributed by atoms with Crippen LogP contribution in [0.3, 0.4) is 0 Å². The molecule has 4 aromatic rings. The zero-order valence-electron chi connectivity index (χ0n) is 16.0. The molecule has 0 atom stereocenters. The third-order valence-electron chi connectivity index (χ3n) is 4.82. The lowest BCUT2D eigenvalue weighted by Gasteiger charge is -2.11. The van der Waals surface area contributed by atoms with Crippen molar-refractivity contribution in [1.82, 2.24) is 10.3 Å². The molecule has 0 radical (unpaired) electrons. The highest BCUT2D eigenvalue weighted by Crippen LogP contribution is 2.27. The van der Waals surface area contributed by atoms with Crippen molar-refractivity contribution in [2.45, 2.75) is 13.3 Å². The highest BCUT2D eigenvalue weighted by atomic mass is 16.3. The molecule has 144 valence electrons. The minimum Gasteiger partial charge on any atom is -0.455 e. The van der Waals surface area contributed by atoms with Gasteiger partial charge in [0.05, 0.1) is 10.9 Å². The van der Waals surface area contributed by atoms with Crippen LogP contribution in [0, 0.1) is 6.92 Å². The van der Waals surface area contributed by atoms with Gasteiger partial charge in [-0.15, -0.1) is 0 Å². The fourth-order valence-electron chi connectivity index (χ4n) is 3.30. The first-order chi connectivity index (χ1) is 14.1. The number of hydrogen-bond acceptors (Lipinski definition) is 4. The lowest BCUT2D eigenvalue weighted by atomic mass is 10.0. The number of fused-ring (bicyclic) bond motifs is 1. The molecular formula is C24H20N2O3. The first-order valence-electron chi connectivity index (χ1n) is 9.45. The van der Waals surface area contributed by atoms with Gasteiger partial charge in [0.15, 0.2) is 11.0 Å². The molecule has 29 heavy (non-hydrogen) atoms. The molecule has 0 fully saturated rings. The maximum Gasteiger partial charge on any atom is 0.255 e. The minimum absolute atomic E-state index is 0.131. The second kappa shape index (κ2) is 8.10. The number of nitrogens with one attached hydrogen (secondary N) is 1. The Kier molecular flexibility index (Phi) is 5.20. The third kappa shape index (κ3) is 3.80. The summed E-state index contributed by atoms with van der Waals surface area (Å²) in [6.07, 6.45) is 2.35. The quantitative estimate of drug-likeness (QED) is 0.561. The predicted octanol–water partition coefficient (Wildman–Crippen LogP) is 4.14. The smallest absolute Gasteiger partial charge is 0.255 e. The van der Waals surface area contributed by atoms with Gasteiger partial charge in [0.2, 0.25) is 0 Å². The molecule has 0 saturated carbocycles. The van der Waals surface area contributed by atoms with Crippen molar-refractivity contribution in [2.24, 2.45) is 0 Å². The van der Waals surface area contributed by atoms with Crippen LogP contribution in [0.5, 0.6) is 0 Å². The molecule has 0 aliphatic heterocycles. The number of hydrogen-bond donors (Lipinski definition) is 1. The Hall–Kier alpha value is -3.73. The molecule has 0 spiro atoms. The van der Waals surface area contributed by atoms with Crippen LogP contribution in [-0.2, 0) is 6.42 Å². The number of carbonyl (C=O) groups is 1. The molecule has 0 unspecified atom stereocenters. The van der Waals surface area contributed by atoms with Crippen LogP contribution in [0.1, 0.15) is 21.6 Å². The van der Waals surface area contributed by atoms with Crippen molar-refractivity contribution in [3.05, 3.63) is 100.0 Å². The SMILES string of the molecule is Cc1c(-c2ccccc2)oc2c(C(=O)NCCc3ccccn3)cccc2c1=O. The van der Waals surface area contributed by atoms with Crippen molar-refractivity contribution >= 4 is 16.9 Å². The van der Waals surface area contributed by atoms with E-state index in [2.05, 4.69) is 10.3 Å². The first-order valence-corrected chi connectivity index (χ1v) is 9.45. The molecule has 2 aromatic carbocycles. The Balaban J connectivity index is 1.68. The van der Waals surface area contributed by atoms with Crippen LogP contribution < -0.4 is 10.7 Å². The lowest BCUT2D eigenvalue weighted by Crippen LogP contribution is -2.26. The predicted molar refractivity (Wildman–Crippen MR) is 113 cm³/mol. The van der Waals surface area contributed by atoms with E-state index in [0.29, 0.717) is 40.8 Å². The molecular weight excluding hydrogens is 364 g/mol. The Morgan fingerprint density at radius 3 is 2.55 bits per heavy atom. The van der Waals surface area contributed by atoms with E-state index in [0.717, 1.165) is 11.3 Å². The van der Waals surface area contributed by atoms with Gasteiger partial charge >= 0.3 is 0 Å². The number of amides is 1. The number of para-hydroxylation sites is 1. The van der Waals surface area contributed by atoms with E-state index in [1.807, 2.05) is 48.5 Å². The van der Waals surface area contributed by atoms with Gasteiger partial charge in [0.25, 0.3) is 5.91 Å². The molecule has 0 aliphatic carbocycles. The van der Waals surface area contributed by atoms with Gasteiger partial charge in [-0.2, -0.15) is 0 Å². The van der Waals surface area contributed by atoms with E-state index in [1.54, 1.807) is 31.3 Å². The van der Waals surface area contributed by atoms with E-state index in [-0.39, 0.29) is 11.3 Å². The van der Waals surface area contributed by atoms with E-state index in [1.165, 1.54) is 0 Å². The van der Waals surface area contributed by atoms with Crippen molar-refractivity contribution in [3.8, 4) is 11.3 Å². The molecule has 2 heterocycles. The number of pyridine rings is 1. The first kappa shape index (κ1) is 18.6. The van der Waals surface area contributed by atoms with Crippen LogP contribution in [0.25, 0.3) is 22.3 Å². The number of aromatic nitrogens is 1. The van der Waals surface area contributed by atoms with Gasteiger partial charge in [0.1, 0.15) is 5.76 Å². The van der Waals surface area contributed by atoms with Gasteiger partial charge in [-0.1, -0.05) is 42.5 Å². The average Bonchev–Trinajstić information content (AvgIpc) is 2.77. The Bertz CT molecular complexity index is 1220. The Labute approximate surface area is 168 Å². The van der Waals surface area contributed by atoms with Crippen LogP contribution in [0.2, 0.25) is 0 Å². The summed E-state index contributed by atoms with van der Waals surface area (Å²) >= 11 is 0. The summed E-state index contributed by atoms with van der Waals surface area (Å²) < 4.78 is 6.10. The van der Waals surface area contributed by atoms with Crippen LogP contribution >= 0.6 is 0 Å². The summed E-state index contributed by atoms with van der Waals surface area (Å²) in [6.45, 7) is 2.18. The largest absolute Gasteiger partial charge is 0.455 e. The highest BCUT2D eigenvalue weighted by molar-refractivity contribution is 6.05. The Morgan fingerprint density at radius 1 is 1.00 bits per heavy atom. The summed E-state index contributed by atoms with van der Waals surface area (Å²) in [5.74, 6) is 0.203. The van der Waals surface area contributed by atoms with E-state index in [9.17, 15) is 9.59 Å². The Morgan fingerprint density at radius 2 is 1.79 bits per heavy atom. The number of nitrogens with zero attached hydrogens (tertiary/aromatic N) is 1. The summed E-state index contributed by atoms with van der Waals surface area (Å²) in [7, 11) is 0. The van der Waals surface area contributed by atoms with Crippen LogP contribution in [0.15, 0.2) is 82.1 Å². The molecule has 5 nitrogen and oxygen atoms in total. The van der Waals surface area contributed by atoms with Gasteiger partial charge in [-0.3, -0.25) is 14.6 Å². The lowest BCUT2D eigenvalue weighted by molar-refractivity contribution is 0.0954. The maximum atomic E-state index is 12.9.